The molecule has 1 aromatic rings. The van der Waals surface area contributed by atoms with E-state index in [0.29, 0.717) is 6.20 Å². The molecule has 2 rings (SSSR count). The van der Waals surface area contributed by atoms with Crippen LogP contribution in [0.15, 0.2) is 17.2 Å². The van der Waals surface area contributed by atoms with Gasteiger partial charge in [-0.15, -0.1) is 0 Å². The van der Waals surface area contributed by atoms with Gasteiger partial charge in [0.05, 0.1) is 6.20 Å². The molecule has 0 bridgehead atoms. The predicted octanol–water partition coefficient (Wildman–Crippen LogP) is 2.87. The van der Waals surface area contributed by atoms with E-state index in [4.69, 9.17) is 14.6 Å². The second-order valence-electron chi connectivity index (χ2n) is 7.97. The molecule has 1 aliphatic heterocycles. The van der Waals surface area contributed by atoms with Gasteiger partial charge in [-0.3, -0.25) is 0 Å². The Morgan fingerprint density at radius 1 is 1.27 bits per heavy atom. The van der Waals surface area contributed by atoms with Crippen LogP contribution < -0.4 is 9.88 Å². The molecule has 1 aromatic heterocycles. The van der Waals surface area contributed by atoms with Crippen molar-refractivity contribution in [2.75, 3.05) is 19.7 Å². The number of piperidine rings is 1. The number of aromatic nitrogens is 1. The molecule has 0 unspecified atom stereocenters. The smallest absolute Gasteiger partial charge is 0.421 e. The average molecular weight is 457 g/mol. The highest BCUT2D eigenvalue weighted by Gasteiger charge is 2.40. The van der Waals surface area contributed by atoms with Crippen LogP contribution in [0.4, 0.5) is 22.4 Å². The number of carbonyl (C=O) groups is 1. The molecule has 1 aliphatic rings. The molecule has 1 saturated heterocycles. The van der Waals surface area contributed by atoms with Crippen molar-refractivity contribution < 1.29 is 40.2 Å². The molecule has 2 heterocycles. The Bertz CT molecular complexity index is 892. The predicted molar refractivity (Wildman–Crippen MR) is 97.0 cm³/mol. The Hall–Kier alpha value is -2.15. The zero-order valence-electron chi connectivity index (χ0n) is 16.6. The first-order chi connectivity index (χ1) is 13.5. The number of ether oxygens (including phenoxy) is 2. The van der Waals surface area contributed by atoms with E-state index in [9.17, 15) is 26.4 Å². The van der Waals surface area contributed by atoms with Gasteiger partial charge in [0, 0.05) is 25.9 Å². The van der Waals surface area contributed by atoms with E-state index in [2.05, 4.69) is 4.98 Å². The number of nitrogens with zero attached hydrogens (tertiary/aromatic N) is 2. The number of carbonyl (C=O) groups excluding carboxylic acids is 1. The number of hydrogen-bond acceptors (Lipinski definition) is 6. The number of pyridine rings is 1. The van der Waals surface area contributed by atoms with Crippen LogP contribution in [0.2, 0.25) is 0 Å². The first-order valence-corrected chi connectivity index (χ1v) is 10.4. The minimum atomic E-state index is -4.99. The van der Waals surface area contributed by atoms with Crippen LogP contribution in [0, 0.1) is 0 Å². The summed E-state index contributed by atoms with van der Waals surface area (Å²) >= 11 is 0. The van der Waals surface area contributed by atoms with E-state index in [1.807, 2.05) is 0 Å². The van der Waals surface area contributed by atoms with E-state index in [1.54, 1.807) is 20.8 Å². The fourth-order valence-corrected chi connectivity index (χ4v) is 3.15. The van der Waals surface area contributed by atoms with Gasteiger partial charge in [0.15, 0.2) is 0 Å². The molecule has 0 aliphatic carbocycles. The second kappa shape index (κ2) is 8.17. The first-order valence-electron chi connectivity index (χ1n) is 8.90. The minimum Gasteiger partial charge on any atom is -0.474 e. The standard InChI is InChI=1S/C17H23F4N3O5S/c1-15(2,3)29-14(25)24-6-4-16(18,5-7-24)10-28-13-12(17(19,20)21)8-11(9-23-13)30(22,26)27/h8-9H,4-7,10H2,1-3H3,(H2,22,26,27). The molecule has 0 saturated carbocycles. The molecular weight excluding hydrogens is 434 g/mol. The fourth-order valence-electron chi connectivity index (χ4n) is 2.67. The lowest BCUT2D eigenvalue weighted by atomic mass is 9.94. The molecule has 0 atom stereocenters. The van der Waals surface area contributed by atoms with Gasteiger partial charge in [0.1, 0.15) is 28.3 Å². The molecule has 2 N–H and O–H groups in total. The van der Waals surface area contributed by atoms with E-state index in [0.717, 1.165) is 0 Å². The van der Waals surface area contributed by atoms with Crippen molar-refractivity contribution in [2.45, 2.75) is 56.0 Å². The minimum absolute atomic E-state index is 0.00130. The number of likely N-dealkylation sites (tertiary alicyclic amines) is 1. The summed E-state index contributed by atoms with van der Waals surface area (Å²) in [5.74, 6) is -0.957. The lowest BCUT2D eigenvalue weighted by Gasteiger charge is -2.36. The number of halogens is 4. The Labute approximate surface area is 171 Å². The molecule has 1 fully saturated rings. The first kappa shape index (κ1) is 24.1. The van der Waals surface area contributed by atoms with E-state index < -0.39 is 56.5 Å². The number of nitrogens with two attached hydrogens (primary N) is 1. The highest BCUT2D eigenvalue weighted by molar-refractivity contribution is 7.89. The quantitative estimate of drug-likeness (QED) is 0.696. The molecule has 8 nitrogen and oxygen atoms in total. The van der Waals surface area contributed by atoms with Gasteiger partial charge in [-0.25, -0.2) is 27.7 Å². The van der Waals surface area contributed by atoms with Gasteiger partial charge in [0.25, 0.3) is 0 Å². The van der Waals surface area contributed by atoms with Gasteiger partial charge in [-0.1, -0.05) is 0 Å². The maximum absolute atomic E-state index is 15.0. The third-order valence-corrected chi connectivity index (χ3v) is 5.12. The van der Waals surface area contributed by atoms with E-state index >= 15 is 4.39 Å². The van der Waals surface area contributed by atoms with Crippen LogP contribution in [0.1, 0.15) is 39.2 Å². The van der Waals surface area contributed by atoms with Crippen molar-refractivity contribution in [1.29, 1.82) is 0 Å². The van der Waals surface area contributed by atoms with E-state index in [-0.39, 0.29) is 32.0 Å². The summed E-state index contributed by atoms with van der Waals surface area (Å²) in [6, 6.07) is 0.285. The third-order valence-electron chi connectivity index (χ3n) is 4.24. The van der Waals surface area contributed by atoms with E-state index in [1.165, 1.54) is 4.90 Å². The Morgan fingerprint density at radius 2 is 1.83 bits per heavy atom. The highest BCUT2D eigenvalue weighted by atomic mass is 32.2. The molecule has 170 valence electrons. The van der Waals surface area contributed by atoms with Crippen molar-refractivity contribution in [3.05, 3.63) is 17.8 Å². The summed E-state index contributed by atoms with van der Waals surface area (Å²) in [6.07, 6.45) is -5.35. The van der Waals surface area contributed by atoms with Crippen molar-refractivity contribution >= 4 is 16.1 Å². The van der Waals surface area contributed by atoms with Crippen LogP contribution in [-0.2, 0) is 20.9 Å². The number of hydrogen-bond donors (Lipinski definition) is 1. The summed E-state index contributed by atoms with van der Waals surface area (Å²) in [6.45, 7) is 4.31. The number of sulfonamides is 1. The summed E-state index contributed by atoms with van der Waals surface area (Å²) in [7, 11) is -4.42. The summed E-state index contributed by atoms with van der Waals surface area (Å²) < 4.78 is 87.5. The van der Waals surface area contributed by atoms with Gasteiger partial charge in [-0.05, 0) is 26.8 Å². The summed E-state index contributed by atoms with van der Waals surface area (Å²) in [5.41, 5.74) is -4.20. The van der Waals surface area contributed by atoms with Crippen molar-refractivity contribution in [3.8, 4) is 5.88 Å². The number of amides is 1. The van der Waals surface area contributed by atoms with Crippen LogP contribution in [0.3, 0.4) is 0 Å². The number of primary sulfonamides is 1. The highest BCUT2D eigenvalue weighted by Crippen LogP contribution is 2.37. The number of rotatable bonds is 4. The molecule has 0 aromatic carbocycles. The maximum atomic E-state index is 15.0. The Morgan fingerprint density at radius 3 is 2.30 bits per heavy atom. The fraction of sp³-hybridized carbons (Fsp3) is 0.647. The topological polar surface area (TPSA) is 112 Å². The Balaban J connectivity index is 2.08. The van der Waals surface area contributed by atoms with Crippen LogP contribution in [-0.4, -0.2) is 55.4 Å². The Kier molecular flexibility index (Phi) is 6.57. The lowest BCUT2D eigenvalue weighted by Crippen LogP contribution is -2.48. The second-order valence-corrected chi connectivity index (χ2v) is 9.53. The summed E-state index contributed by atoms with van der Waals surface area (Å²) in [5, 5.41) is 4.83. The SMILES string of the molecule is CC(C)(C)OC(=O)N1CCC(F)(COc2ncc(S(N)(=O)=O)cc2C(F)(F)F)CC1. The molecule has 0 spiro atoms. The largest absolute Gasteiger partial charge is 0.474 e. The van der Waals surface area contributed by atoms with Gasteiger partial charge in [-0.2, -0.15) is 13.2 Å². The lowest BCUT2D eigenvalue weighted by molar-refractivity contribution is -0.140. The van der Waals surface area contributed by atoms with Crippen molar-refractivity contribution in [2.24, 2.45) is 5.14 Å². The van der Waals surface area contributed by atoms with Crippen molar-refractivity contribution in [3.63, 3.8) is 0 Å². The molecule has 1 amide bonds. The van der Waals surface area contributed by atoms with Gasteiger partial charge < -0.3 is 14.4 Å². The zero-order valence-corrected chi connectivity index (χ0v) is 17.4. The third kappa shape index (κ3) is 6.42. The van der Waals surface area contributed by atoms with Crippen LogP contribution in [0.5, 0.6) is 5.88 Å². The average Bonchev–Trinajstić information content (AvgIpc) is 2.57. The van der Waals surface area contributed by atoms with Crippen LogP contribution >= 0.6 is 0 Å². The summed E-state index contributed by atoms with van der Waals surface area (Å²) in [4.78, 5) is 15.8. The molecule has 0 radical (unpaired) electrons. The van der Waals surface area contributed by atoms with Gasteiger partial charge in [0.2, 0.25) is 15.9 Å². The van der Waals surface area contributed by atoms with Gasteiger partial charge >= 0.3 is 12.3 Å². The molecule has 30 heavy (non-hydrogen) atoms. The zero-order chi connectivity index (χ0) is 23.0. The molecule has 13 heteroatoms. The van der Waals surface area contributed by atoms with Crippen LogP contribution in [0.25, 0.3) is 0 Å². The maximum Gasteiger partial charge on any atom is 0.421 e. The number of alkyl halides is 4. The monoisotopic (exact) mass is 457 g/mol. The van der Waals surface area contributed by atoms with Crippen molar-refractivity contribution in [1.82, 2.24) is 9.88 Å². The molecular formula is C17H23F4N3O5S. The normalized spacial score (nSPS) is 17.5.